The van der Waals surface area contributed by atoms with E-state index in [1.807, 2.05) is 48.5 Å². The van der Waals surface area contributed by atoms with Gasteiger partial charge < -0.3 is 4.98 Å². The van der Waals surface area contributed by atoms with Crippen LogP contribution < -0.4 is 0 Å². The van der Waals surface area contributed by atoms with Gasteiger partial charge in [0.1, 0.15) is 11.6 Å². The fraction of sp³-hybridized carbons (Fsp3) is 0. The zero-order valence-corrected chi connectivity index (χ0v) is 13.0. The van der Waals surface area contributed by atoms with Crippen LogP contribution in [0.2, 0.25) is 0 Å². The second-order valence-electron chi connectivity index (χ2n) is 5.34. The molecule has 0 saturated heterocycles. The van der Waals surface area contributed by atoms with Crippen molar-refractivity contribution in [2.24, 2.45) is 0 Å². The molecule has 112 valence electrons. The number of hydrogen-bond donors (Lipinski definition) is 2. The lowest BCUT2D eigenvalue weighted by Gasteiger charge is -2.04. The monoisotopic (exact) mass is 320 g/mol. The Hall–Kier alpha value is -2.59. The predicted octanol–water partition coefficient (Wildman–Crippen LogP) is 5.32. The number of aromatic nitrogens is 2. The van der Waals surface area contributed by atoms with Crippen LogP contribution in [0.3, 0.4) is 0 Å². The van der Waals surface area contributed by atoms with Gasteiger partial charge in [-0.1, -0.05) is 42.5 Å². The average Bonchev–Trinajstić information content (AvgIpc) is 2.98. The molecule has 0 atom stereocenters. The van der Waals surface area contributed by atoms with Crippen LogP contribution in [0, 0.1) is 5.82 Å². The first-order chi connectivity index (χ1) is 11.2. The quantitative estimate of drug-likeness (QED) is 0.481. The zero-order valence-electron chi connectivity index (χ0n) is 12.1. The Morgan fingerprint density at radius 2 is 1.61 bits per heavy atom. The molecule has 23 heavy (non-hydrogen) atoms. The normalized spacial score (nSPS) is 11.0. The lowest BCUT2D eigenvalue weighted by Crippen LogP contribution is -1.85. The molecule has 0 radical (unpaired) electrons. The minimum atomic E-state index is -0.217. The smallest absolute Gasteiger partial charge is 0.138 e. The van der Waals surface area contributed by atoms with Gasteiger partial charge in [-0.25, -0.2) is 9.37 Å². The van der Waals surface area contributed by atoms with Crippen molar-refractivity contribution in [1.29, 1.82) is 0 Å². The van der Waals surface area contributed by atoms with Gasteiger partial charge in [0, 0.05) is 16.0 Å². The SMILES string of the molecule is Fc1ccccc1-c1ccc(-c2nc3ccc(S)cc3[nH]2)cc1. The number of rotatable bonds is 2. The molecule has 1 aromatic heterocycles. The van der Waals surface area contributed by atoms with E-state index in [1.54, 1.807) is 12.1 Å². The molecule has 0 aliphatic heterocycles. The Labute approximate surface area is 138 Å². The molecule has 4 heteroatoms. The molecule has 0 bridgehead atoms. The van der Waals surface area contributed by atoms with E-state index in [2.05, 4.69) is 22.6 Å². The van der Waals surface area contributed by atoms with Crippen molar-refractivity contribution >= 4 is 23.7 Å². The van der Waals surface area contributed by atoms with Crippen LogP contribution in [0.25, 0.3) is 33.5 Å². The first-order valence-electron chi connectivity index (χ1n) is 7.25. The Kier molecular flexibility index (Phi) is 3.39. The summed E-state index contributed by atoms with van der Waals surface area (Å²) in [5, 5.41) is 0. The maximum Gasteiger partial charge on any atom is 0.138 e. The molecule has 0 amide bonds. The highest BCUT2D eigenvalue weighted by Crippen LogP contribution is 2.27. The number of halogens is 1. The number of H-pyrrole nitrogens is 1. The lowest BCUT2D eigenvalue weighted by molar-refractivity contribution is 0.631. The van der Waals surface area contributed by atoms with Gasteiger partial charge in [-0.05, 0) is 29.8 Å². The summed E-state index contributed by atoms with van der Waals surface area (Å²) in [6.45, 7) is 0. The number of benzene rings is 3. The van der Waals surface area contributed by atoms with Crippen molar-refractivity contribution in [3.63, 3.8) is 0 Å². The molecule has 4 aromatic rings. The van der Waals surface area contributed by atoms with E-state index in [9.17, 15) is 4.39 Å². The Morgan fingerprint density at radius 3 is 2.39 bits per heavy atom. The lowest BCUT2D eigenvalue weighted by atomic mass is 10.0. The molecule has 2 nitrogen and oxygen atoms in total. The van der Waals surface area contributed by atoms with Gasteiger partial charge >= 0.3 is 0 Å². The van der Waals surface area contributed by atoms with E-state index < -0.39 is 0 Å². The van der Waals surface area contributed by atoms with Gasteiger partial charge in [-0.15, -0.1) is 12.6 Å². The fourth-order valence-electron chi connectivity index (χ4n) is 2.64. The third kappa shape index (κ3) is 2.62. The minimum Gasteiger partial charge on any atom is -0.338 e. The molecule has 1 N–H and O–H groups in total. The fourth-order valence-corrected chi connectivity index (χ4v) is 2.84. The Morgan fingerprint density at radius 1 is 0.870 bits per heavy atom. The molecule has 0 unspecified atom stereocenters. The zero-order chi connectivity index (χ0) is 15.8. The van der Waals surface area contributed by atoms with E-state index in [-0.39, 0.29) is 5.82 Å². The maximum atomic E-state index is 13.9. The summed E-state index contributed by atoms with van der Waals surface area (Å²) in [5.74, 6) is 0.573. The molecule has 3 aromatic carbocycles. The first kappa shape index (κ1) is 14.0. The van der Waals surface area contributed by atoms with Crippen molar-refractivity contribution < 1.29 is 4.39 Å². The topological polar surface area (TPSA) is 28.7 Å². The van der Waals surface area contributed by atoms with Crippen LogP contribution in [-0.4, -0.2) is 9.97 Å². The van der Waals surface area contributed by atoms with Gasteiger partial charge in [-0.2, -0.15) is 0 Å². The molecule has 4 rings (SSSR count). The highest BCUT2D eigenvalue weighted by molar-refractivity contribution is 7.80. The number of aromatic amines is 1. The van der Waals surface area contributed by atoms with Crippen molar-refractivity contribution in [3.8, 4) is 22.5 Å². The predicted molar refractivity (Wildman–Crippen MR) is 94.2 cm³/mol. The van der Waals surface area contributed by atoms with E-state index in [1.165, 1.54) is 6.07 Å². The third-order valence-corrected chi connectivity index (χ3v) is 4.09. The van der Waals surface area contributed by atoms with Crippen LogP contribution in [0.15, 0.2) is 71.6 Å². The van der Waals surface area contributed by atoms with Crippen molar-refractivity contribution in [2.75, 3.05) is 0 Å². The summed E-state index contributed by atoms with van der Waals surface area (Å²) in [6.07, 6.45) is 0. The van der Waals surface area contributed by atoms with Crippen LogP contribution >= 0.6 is 12.6 Å². The van der Waals surface area contributed by atoms with Crippen molar-refractivity contribution in [1.82, 2.24) is 9.97 Å². The molecule has 1 heterocycles. The maximum absolute atomic E-state index is 13.9. The number of thiol groups is 1. The van der Waals surface area contributed by atoms with Gasteiger partial charge in [-0.3, -0.25) is 0 Å². The standard InChI is InChI=1S/C19H13FN2S/c20-16-4-2-1-3-15(16)12-5-7-13(8-6-12)19-21-17-10-9-14(23)11-18(17)22-19/h1-11,23H,(H,21,22). The van der Waals surface area contributed by atoms with E-state index >= 15 is 0 Å². The number of nitrogens with zero attached hydrogens (tertiary/aromatic N) is 1. The Balaban J connectivity index is 1.73. The van der Waals surface area contributed by atoms with Gasteiger partial charge in [0.2, 0.25) is 0 Å². The first-order valence-corrected chi connectivity index (χ1v) is 7.69. The highest BCUT2D eigenvalue weighted by Gasteiger charge is 2.07. The summed E-state index contributed by atoms with van der Waals surface area (Å²) < 4.78 is 13.9. The van der Waals surface area contributed by atoms with E-state index in [0.29, 0.717) is 5.56 Å². The molecule has 0 saturated carbocycles. The van der Waals surface area contributed by atoms with Gasteiger partial charge in [0.15, 0.2) is 0 Å². The number of fused-ring (bicyclic) bond motifs is 1. The summed E-state index contributed by atoms with van der Waals surface area (Å²) in [7, 11) is 0. The molecule has 0 fully saturated rings. The third-order valence-electron chi connectivity index (χ3n) is 3.81. The van der Waals surface area contributed by atoms with Crippen LogP contribution in [0.4, 0.5) is 4.39 Å². The summed E-state index contributed by atoms with van der Waals surface area (Å²) >= 11 is 4.34. The van der Waals surface area contributed by atoms with E-state index in [0.717, 1.165) is 32.9 Å². The van der Waals surface area contributed by atoms with Gasteiger partial charge in [0.25, 0.3) is 0 Å². The summed E-state index contributed by atoms with van der Waals surface area (Å²) in [4.78, 5) is 8.76. The number of imidazole rings is 1. The average molecular weight is 320 g/mol. The summed E-state index contributed by atoms with van der Waals surface area (Å²) in [6, 6.07) is 20.3. The second-order valence-corrected chi connectivity index (χ2v) is 5.86. The largest absolute Gasteiger partial charge is 0.338 e. The van der Waals surface area contributed by atoms with E-state index in [4.69, 9.17) is 0 Å². The minimum absolute atomic E-state index is 0.217. The van der Waals surface area contributed by atoms with Crippen LogP contribution in [0.5, 0.6) is 0 Å². The molecule has 0 spiro atoms. The molecular formula is C19H13FN2S. The van der Waals surface area contributed by atoms with Crippen molar-refractivity contribution in [2.45, 2.75) is 4.90 Å². The van der Waals surface area contributed by atoms with Crippen LogP contribution in [-0.2, 0) is 0 Å². The highest BCUT2D eigenvalue weighted by atomic mass is 32.1. The number of nitrogens with one attached hydrogen (secondary N) is 1. The molecule has 0 aliphatic carbocycles. The second kappa shape index (κ2) is 5.56. The molecule has 0 aliphatic rings. The Bertz CT molecular complexity index is 990. The van der Waals surface area contributed by atoms with Crippen LogP contribution in [0.1, 0.15) is 0 Å². The van der Waals surface area contributed by atoms with Crippen molar-refractivity contribution in [3.05, 3.63) is 72.5 Å². The number of hydrogen-bond acceptors (Lipinski definition) is 2. The van der Waals surface area contributed by atoms with Gasteiger partial charge in [0.05, 0.1) is 11.0 Å². The molecular weight excluding hydrogens is 307 g/mol. The summed E-state index contributed by atoms with van der Waals surface area (Å²) in [5.41, 5.74) is 4.26.